The van der Waals surface area contributed by atoms with Gasteiger partial charge in [-0.1, -0.05) is 0 Å². The van der Waals surface area contributed by atoms with Gasteiger partial charge in [-0.2, -0.15) is 5.26 Å². The SMILES string of the molecule is N#Cc1cc(NC[C@]2(CCO)CCOC2)ccc1[N+](=O)[O-]. The zero-order valence-corrected chi connectivity index (χ0v) is 11.5. The van der Waals surface area contributed by atoms with Crippen LogP contribution >= 0.6 is 0 Å². The van der Waals surface area contributed by atoms with E-state index in [0.29, 0.717) is 31.9 Å². The van der Waals surface area contributed by atoms with Crippen molar-refractivity contribution in [2.75, 3.05) is 31.7 Å². The Morgan fingerprint density at radius 2 is 2.38 bits per heavy atom. The summed E-state index contributed by atoms with van der Waals surface area (Å²) >= 11 is 0. The molecule has 0 aromatic heterocycles. The number of nitrogens with one attached hydrogen (secondary N) is 1. The molecule has 0 amide bonds. The summed E-state index contributed by atoms with van der Waals surface area (Å²) in [5, 5.41) is 32.1. The molecule has 0 saturated carbocycles. The van der Waals surface area contributed by atoms with E-state index < -0.39 is 4.92 Å². The highest BCUT2D eigenvalue weighted by Crippen LogP contribution is 2.33. The van der Waals surface area contributed by atoms with Gasteiger partial charge in [0.05, 0.1) is 11.5 Å². The van der Waals surface area contributed by atoms with Crippen molar-refractivity contribution >= 4 is 11.4 Å². The quantitative estimate of drug-likeness (QED) is 0.609. The summed E-state index contributed by atoms with van der Waals surface area (Å²) in [6.45, 7) is 1.94. The van der Waals surface area contributed by atoms with E-state index in [1.165, 1.54) is 12.1 Å². The number of nitro groups is 1. The number of hydrogen-bond acceptors (Lipinski definition) is 6. The number of nitrogens with zero attached hydrogens (tertiary/aromatic N) is 2. The lowest BCUT2D eigenvalue weighted by Gasteiger charge is -2.27. The third-order valence-corrected chi connectivity index (χ3v) is 3.81. The number of ether oxygens (including phenoxy) is 1. The molecule has 7 heteroatoms. The smallest absolute Gasteiger partial charge is 0.287 e. The summed E-state index contributed by atoms with van der Waals surface area (Å²) in [4.78, 5) is 10.2. The zero-order chi connectivity index (χ0) is 15.3. The highest BCUT2D eigenvalue weighted by molar-refractivity contribution is 5.58. The Morgan fingerprint density at radius 1 is 1.57 bits per heavy atom. The molecule has 0 aliphatic carbocycles. The van der Waals surface area contributed by atoms with Crippen LogP contribution in [0.3, 0.4) is 0 Å². The molecule has 1 aliphatic rings. The van der Waals surface area contributed by atoms with Crippen LogP contribution in [0.5, 0.6) is 0 Å². The van der Waals surface area contributed by atoms with Crippen molar-refractivity contribution in [3.8, 4) is 6.07 Å². The highest BCUT2D eigenvalue weighted by atomic mass is 16.6. The maximum absolute atomic E-state index is 10.8. The first-order chi connectivity index (χ1) is 10.1. The van der Waals surface area contributed by atoms with Gasteiger partial charge in [-0.25, -0.2) is 0 Å². The maximum Gasteiger partial charge on any atom is 0.287 e. The molecule has 1 saturated heterocycles. The molecule has 7 nitrogen and oxygen atoms in total. The van der Waals surface area contributed by atoms with E-state index in [9.17, 15) is 10.1 Å². The summed E-state index contributed by atoms with van der Waals surface area (Å²) in [5.74, 6) is 0. The number of benzene rings is 1. The number of aliphatic hydroxyl groups excluding tert-OH is 1. The monoisotopic (exact) mass is 291 g/mol. The lowest BCUT2D eigenvalue weighted by molar-refractivity contribution is -0.385. The number of nitro benzene ring substituents is 1. The molecule has 0 radical (unpaired) electrons. The van der Waals surface area contributed by atoms with Crippen LogP contribution in [0.1, 0.15) is 18.4 Å². The van der Waals surface area contributed by atoms with Gasteiger partial charge in [0.2, 0.25) is 0 Å². The van der Waals surface area contributed by atoms with Crippen LogP contribution in [0.25, 0.3) is 0 Å². The van der Waals surface area contributed by atoms with E-state index in [1.54, 1.807) is 6.07 Å². The van der Waals surface area contributed by atoms with Crippen molar-refractivity contribution in [3.63, 3.8) is 0 Å². The first kappa shape index (κ1) is 15.2. The fourth-order valence-corrected chi connectivity index (χ4v) is 2.50. The summed E-state index contributed by atoms with van der Waals surface area (Å²) < 4.78 is 5.40. The number of aliphatic hydroxyl groups is 1. The van der Waals surface area contributed by atoms with E-state index in [2.05, 4.69) is 5.32 Å². The molecule has 21 heavy (non-hydrogen) atoms. The second-order valence-corrected chi connectivity index (χ2v) is 5.23. The molecule has 1 atom stereocenters. The molecule has 1 heterocycles. The number of rotatable bonds is 6. The van der Waals surface area contributed by atoms with E-state index >= 15 is 0 Å². The Kier molecular flexibility index (Phi) is 4.73. The second-order valence-electron chi connectivity index (χ2n) is 5.23. The van der Waals surface area contributed by atoms with Crippen molar-refractivity contribution in [2.24, 2.45) is 5.41 Å². The van der Waals surface area contributed by atoms with E-state index in [-0.39, 0.29) is 23.3 Å². The predicted octanol–water partition coefficient (Wildman–Crippen LogP) is 1.67. The van der Waals surface area contributed by atoms with Crippen LogP contribution in [0.4, 0.5) is 11.4 Å². The van der Waals surface area contributed by atoms with Crippen molar-refractivity contribution in [1.29, 1.82) is 5.26 Å². The summed E-state index contributed by atoms with van der Waals surface area (Å²) in [6.07, 6.45) is 1.50. The van der Waals surface area contributed by atoms with Crippen molar-refractivity contribution in [3.05, 3.63) is 33.9 Å². The van der Waals surface area contributed by atoms with Gasteiger partial charge >= 0.3 is 0 Å². The van der Waals surface area contributed by atoms with Gasteiger partial charge < -0.3 is 15.2 Å². The molecule has 1 aromatic rings. The molecular weight excluding hydrogens is 274 g/mol. The Labute approximate surface area is 122 Å². The Bertz CT molecular complexity index is 562. The van der Waals surface area contributed by atoms with Crippen LogP contribution in [0.15, 0.2) is 18.2 Å². The molecule has 2 rings (SSSR count). The molecule has 112 valence electrons. The molecule has 2 N–H and O–H groups in total. The third kappa shape index (κ3) is 3.48. The lowest BCUT2D eigenvalue weighted by atomic mass is 9.84. The Balaban J connectivity index is 2.10. The van der Waals surface area contributed by atoms with Gasteiger partial charge in [0, 0.05) is 36.9 Å². The van der Waals surface area contributed by atoms with Crippen molar-refractivity contribution in [2.45, 2.75) is 12.8 Å². The first-order valence-electron chi connectivity index (χ1n) is 6.71. The van der Waals surface area contributed by atoms with E-state index in [4.69, 9.17) is 15.1 Å². The van der Waals surface area contributed by atoms with Crippen LogP contribution in [-0.2, 0) is 4.74 Å². The van der Waals surface area contributed by atoms with Gasteiger partial charge in [-0.05, 0) is 25.0 Å². The molecule has 0 bridgehead atoms. The molecular formula is C14H17N3O4. The molecule has 1 aliphatic heterocycles. The van der Waals surface area contributed by atoms with Crippen molar-refractivity contribution in [1.82, 2.24) is 0 Å². The normalized spacial score (nSPS) is 21.0. The largest absolute Gasteiger partial charge is 0.396 e. The van der Waals surface area contributed by atoms with Gasteiger partial charge in [0.1, 0.15) is 11.6 Å². The topological polar surface area (TPSA) is 108 Å². The van der Waals surface area contributed by atoms with Crippen LogP contribution in [0.2, 0.25) is 0 Å². The predicted molar refractivity (Wildman–Crippen MR) is 75.9 cm³/mol. The zero-order valence-electron chi connectivity index (χ0n) is 11.5. The van der Waals surface area contributed by atoms with E-state index in [0.717, 1.165) is 6.42 Å². The minimum atomic E-state index is -0.569. The fourth-order valence-electron chi connectivity index (χ4n) is 2.50. The molecule has 1 fully saturated rings. The average molecular weight is 291 g/mol. The molecule has 1 aromatic carbocycles. The first-order valence-corrected chi connectivity index (χ1v) is 6.71. The minimum absolute atomic E-state index is 0.0314. The highest BCUT2D eigenvalue weighted by Gasteiger charge is 2.34. The summed E-state index contributed by atoms with van der Waals surface area (Å²) in [7, 11) is 0. The van der Waals surface area contributed by atoms with E-state index in [1.807, 2.05) is 6.07 Å². The van der Waals surface area contributed by atoms with Gasteiger partial charge in [0.25, 0.3) is 5.69 Å². The average Bonchev–Trinajstić information content (AvgIpc) is 2.94. The van der Waals surface area contributed by atoms with Gasteiger partial charge in [0.15, 0.2) is 0 Å². The number of nitriles is 1. The molecule has 0 spiro atoms. The summed E-state index contributed by atoms with van der Waals surface area (Å²) in [6, 6.07) is 6.22. The van der Waals surface area contributed by atoms with Crippen LogP contribution in [0, 0.1) is 26.9 Å². The molecule has 0 unspecified atom stereocenters. The third-order valence-electron chi connectivity index (χ3n) is 3.81. The van der Waals surface area contributed by atoms with Crippen LogP contribution in [-0.4, -0.2) is 36.4 Å². The van der Waals surface area contributed by atoms with Crippen molar-refractivity contribution < 1.29 is 14.8 Å². The second kappa shape index (κ2) is 6.52. The maximum atomic E-state index is 10.8. The standard InChI is InChI=1S/C14H17N3O4/c15-8-11-7-12(1-2-13(11)17(19)20)16-9-14(3-5-18)4-6-21-10-14/h1-2,7,16,18H,3-6,9-10H2/t14-/m0/s1. The Morgan fingerprint density at radius 3 is 2.95 bits per heavy atom. The Hall–Kier alpha value is -2.17. The minimum Gasteiger partial charge on any atom is -0.396 e. The van der Waals surface area contributed by atoms with Gasteiger partial charge in [-0.15, -0.1) is 0 Å². The van der Waals surface area contributed by atoms with Gasteiger partial charge in [-0.3, -0.25) is 10.1 Å². The number of hydrogen-bond donors (Lipinski definition) is 2. The summed E-state index contributed by atoms with van der Waals surface area (Å²) in [5.41, 5.74) is 0.367. The lowest BCUT2D eigenvalue weighted by Crippen LogP contribution is -2.31. The number of anilines is 1. The fraction of sp³-hybridized carbons (Fsp3) is 0.500. The van der Waals surface area contributed by atoms with Crippen LogP contribution < -0.4 is 5.32 Å².